The van der Waals surface area contributed by atoms with Crippen LogP contribution >= 0.6 is 0 Å². The summed E-state index contributed by atoms with van der Waals surface area (Å²) in [5.74, 6) is 0.850. The van der Waals surface area contributed by atoms with Crippen LogP contribution in [0.3, 0.4) is 0 Å². The molecule has 2 aliphatic heterocycles. The van der Waals surface area contributed by atoms with Crippen molar-refractivity contribution >= 4 is 5.95 Å². The van der Waals surface area contributed by atoms with E-state index in [4.69, 9.17) is 4.74 Å². The molecule has 2 aliphatic rings. The van der Waals surface area contributed by atoms with Gasteiger partial charge in [0, 0.05) is 44.9 Å². The Bertz CT molecular complexity index is 405. The molecule has 0 atom stereocenters. The van der Waals surface area contributed by atoms with E-state index in [0.29, 0.717) is 12.0 Å². The Morgan fingerprint density at radius 3 is 3.06 bits per heavy atom. The molecular weight excluding hydrogens is 216 g/mol. The van der Waals surface area contributed by atoms with Crippen molar-refractivity contribution in [2.75, 3.05) is 38.2 Å². The minimum atomic E-state index is 0.487. The van der Waals surface area contributed by atoms with E-state index >= 15 is 0 Å². The van der Waals surface area contributed by atoms with Crippen LogP contribution in [0.15, 0.2) is 12.3 Å². The van der Waals surface area contributed by atoms with E-state index in [1.54, 1.807) is 7.11 Å². The largest absolute Gasteiger partial charge is 0.378 e. The van der Waals surface area contributed by atoms with Crippen molar-refractivity contribution in [2.45, 2.75) is 13.0 Å². The van der Waals surface area contributed by atoms with Crippen molar-refractivity contribution in [3.05, 3.63) is 18.0 Å². The molecule has 0 radical (unpaired) electrons. The number of ether oxygens (including phenoxy) is 1. The molecule has 2 fully saturated rings. The first-order valence-electron chi connectivity index (χ1n) is 6.08. The molecule has 0 amide bonds. The lowest BCUT2D eigenvalue weighted by Crippen LogP contribution is -2.54. The van der Waals surface area contributed by atoms with Gasteiger partial charge in [-0.2, -0.15) is 0 Å². The number of anilines is 1. The van der Waals surface area contributed by atoms with Crippen molar-refractivity contribution in [3.63, 3.8) is 0 Å². The molecular formula is C12H18N4O. The summed E-state index contributed by atoms with van der Waals surface area (Å²) in [6, 6.07) is 1.91. The topological polar surface area (TPSA) is 50.3 Å². The zero-order valence-electron chi connectivity index (χ0n) is 10.1. The van der Waals surface area contributed by atoms with Crippen LogP contribution in [0.25, 0.3) is 0 Å². The number of hydrogen-bond acceptors (Lipinski definition) is 5. The molecule has 0 saturated carbocycles. The van der Waals surface area contributed by atoms with Crippen LogP contribution in [0.1, 0.15) is 12.1 Å². The van der Waals surface area contributed by atoms with Gasteiger partial charge in [0.15, 0.2) is 0 Å². The number of nitrogens with zero attached hydrogens (tertiary/aromatic N) is 3. The van der Waals surface area contributed by atoms with Crippen LogP contribution in [0.5, 0.6) is 0 Å². The summed E-state index contributed by atoms with van der Waals surface area (Å²) in [6.45, 7) is 4.98. The average Bonchev–Trinajstić information content (AvgIpc) is 2.75. The quantitative estimate of drug-likeness (QED) is 0.821. The molecule has 5 heteroatoms. The van der Waals surface area contributed by atoms with Crippen molar-refractivity contribution in [1.29, 1.82) is 0 Å². The number of nitrogens with one attached hydrogen (secondary N) is 1. The molecule has 1 aromatic rings. The molecule has 0 aromatic carbocycles. The predicted octanol–water partition coefficient (Wildman–Crippen LogP) is 0.423. The highest BCUT2D eigenvalue weighted by Gasteiger charge is 2.43. The van der Waals surface area contributed by atoms with Gasteiger partial charge in [-0.15, -0.1) is 0 Å². The Morgan fingerprint density at radius 1 is 1.53 bits per heavy atom. The second-order valence-corrected chi connectivity index (χ2v) is 5.06. The van der Waals surface area contributed by atoms with Crippen molar-refractivity contribution in [3.8, 4) is 0 Å². The molecule has 1 spiro atoms. The monoisotopic (exact) mass is 234 g/mol. The van der Waals surface area contributed by atoms with E-state index in [-0.39, 0.29) is 0 Å². The van der Waals surface area contributed by atoms with Crippen LogP contribution in [0.4, 0.5) is 5.95 Å². The van der Waals surface area contributed by atoms with Gasteiger partial charge in [-0.25, -0.2) is 9.97 Å². The Kier molecular flexibility index (Phi) is 2.72. The van der Waals surface area contributed by atoms with Gasteiger partial charge in [-0.05, 0) is 12.5 Å². The van der Waals surface area contributed by atoms with E-state index in [1.165, 1.54) is 6.42 Å². The minimum absolute atomic E-state index is 0.487. The van der Waals surface area contributed by atoms with Gasteiger partial charge in [0.1, 0.15) is 0 Å². The van der Waals surface area contributed by atoms with E-state index in [0.717, 1.165) is 37.8 Å². The summed E-state index contributed by atoms with van der Waals surface area (Å²) in [7, 11) is 1.69. The van der Waals surface area contributed by atoms with Crippen LogP contribution in [-0.2, 0) is 11.3 Å². The van der Waals surface area contributed by atoms with Gasteiger partial charge in [0.25, 0.3) is 0 Å². The fourth-order valence-corrected chi connectivity index (χ4v) is 2.64. The Labute approximate surface area is 101 Å². The molecule has 0 unspecified atom stereocenters. The highest BCUT2D eigenvalue weighted by atomic mass is 16.5. The first-order chi connectivity index (χ1) is 8.31. The highest BCUT2D eigenvalue weighted by Crippen LogP contribution is 2.35. The molecule has 17 heavy (non-hydrogen) atoms. The van der Waals surface area contributed by atoms with E-state index < -0.39 is 0 Å². The molecule has 0 bridgehead atoms. The van der Waals surface area contributed by atoms with E-state index in [1.807, 2.05) is 12.3 Å². The third-order valence-corrected chi connectivity index (χ3v) is 3.71. The molecule has 0 aliphatic carbocycles. The predicted molar refractivity (Wildman–Crippen MR) is 64.9 cm³/mol. The molecule has 3 rings (SSSR count). The maximum Gasteiger partial charge on any atom is 0.225 e. The van der Waals surface area contributed by atoms with Gasteiger partial charge in [-0.1, -0.05) is 0 Å². The molecule has 1 aromatic heterocycles. The zero-order chi connectivity index (χ0) is 11.7. The first-order valence-corrected chi connectivity index (χ1v) is 6.08. The SMILES string of the molecule is COCc1ccnc(N2CCC3(CNC3)C2)n1. The minimum Gasteiger partial charge on any atom is -0.378 e. The molecule has 5 nitrogen and oxygen atoms in total. The molecule has 2 saturated heterocycles. The third kappa shape index (κ3) is 2.00. The lowest BCUT2D eigenvalue weighted by atomic mass is 9.81. The summed E-state index contributed by atoms with van der Waals surface area (Å²) < 4.78 is 5.10. The van der Waals surface area contributed by atoms with E-state index in [2.05, 4.69) is 20.2 Å². The number of hydrogen-bond donors (Lipinski definition) is 1. The van der Waals surface area contributed by atoms with Gasteiger partial charge < -0.3 is 15.0 Å². The fraction of sp³-hybridized carbons (Fsp3) is 0.667. The molecule has 3 heterocycles. The normalized spacial score (nSPS) is 21.8. The smallest absolute Gasteiger partial charge is 0.225 e. The first kappa shape index (κ1) is 10.9. The maximum atomic E-state index is 5.10. The zero-order valence-corrected chi connectivity index (χ0v) is 10.1. The van der Waals surface area contributed by atoms with Gasteiger partial charge in [-0.3, -0.25) is 0 Å². The van der Waals surface area contributed by atoms with Crippen LogP contribution < -0.4 is 10.2 Å². The third-order valence-electron chi connectivity index (χ3n) is 3.71. The highest BCUT2D eigenvalue weighted by molar-refractivity contribution is 5.34. The Morgan fingerprint density at radius 2 is 2.41 bits per heavy atom. The lowest BCUT2D eigenvalue weighted by Gasteiger charge is -2.38. The fourth-order valence-electron chi connectivity index (χ4n) is 2.64. The Balaban J connectivity index is 1.73. The summed E-state index contributed by atoms with van der Waals surface area (Å²) in [5.41, 5.74) is 1.44. The second kappa shape index (κ2) is 4.23. The Hall–Kier alpha value is -1.20. The van der Waals surface area contributed by atoms with Crippen molar-refractivity contribution in [2.24, 2.45) is 5.41 Å². The summed E-state index contributed by atoms with van der Waals surface area (Å²) >= 11 is 0. The lowest BCUT2D eigenvalue weighted by molar-refractivity contribution is 0.181. The molecule has 92 valence electrons. The molecule has 1 N–H and O–H groups in total. The number of aromatic nitrogens is 2. The van der Waals surface area contributed by atoms with Gasteiger partial charge >= 0.3 is 0 Å². The van der Waals surface area contributed by atoms with Crippen molar-refractivity contribution in [1.82, 2.24) is 15.3 Å². The second-order valence-electron chi connectivity index (χ2n) is 5.06. The number of methoxy groups -OCH3 is 1. The standard InChI is InChI=1S/C12H18N4O/c1-17-6-10-2-4-14-11(15-10)16-5-3-12(9-16)7-13-8-12/h2,4,13H,3,5-9H2,1H3. The van der Waals surface area contributed by atoms with Gasteiger partial charge in [0.05, 0.1) is 12.3 Å². The number of rotatable bonds is 3. The summed E-state index contributed by atoms with van der Waals surface area (Å²) in [6.07, 6.45) is 3.07. The van der Waals surface area contributed by atoms with Crippen LogP contribution in [-0.4, -0.2) is 43.3 Å². The van der Waals surface area contributed by atoms with Crippen LogP contribution in [0.2, 0.25) is 0 Å². The average molecular weight is 234 g/mol. The van der Waals surface area contributed by atoms with Crippen LogP contribution in [0, 0.1) is 5.41 Å². The van der Waals surface area contributed by atoms with Gasteiger partial charge in [0.2, 0.25) is 5.95 Å². The van der Waals surface area contributed by atoms with Crippen molar-refractivity contribution < 1.29 is 4.74 Å². The van der Waals surface area contributed by atoms with E-state index in [9.17, 15) is 0 Å². The summed E-state index contributed by atoms with van der Waals surface area (Å²) in [5, 5.41) is 3.36. The summed E-state index contributed by atoms with van der Waals surface area (Å²) in [4.78, 5) is 11.2. The maximum absolute atomic E-state index is 5.10.